The van der Waals surface area contributed by atoms with Crippen molar-refractivity contribution in [1.29, 1.82) is 0 Å². The van der Waals surface area contributed by atoms with Crippen molar-refractivity contribution in [3.63, 3.8) is 0 Å². The highest BCUT2D eigenvalue weighted by Gasteiger charge is 2.34. The SMILES string of the molecule is CCN(C)c1c2c(c(N(C)CC)c(N(C)CC)c1N(C)CC)-c1ccccc1C2. The minimum absolute atomic E-state index is 0.977. The first-order chi connectivity index (χ1) is 13.9. The predicted octanol–water partition coefficient (Wildman–Crippen LogP) is 5.08. The van der Waals surface area contributed by atoms with E-state index in [-0.39, 0.29) is 0 Å². The number of anilines is 4. The van der Waals surface area contributed by atoms with Crippen LogP contribution in [0.25, 0.3) is 11.1 Å². The molecule has 0 amide bonds. The molecular formula is C25H38N4. The minimum atomic E-state index is 0.977. The third-order valence-electron chi connectivity index (χ3n) is 6.58. The molecule has 4 nitrogen and oxygen atoms in total. The maximum Gasteiger partial charge on any atom is 0.0867 e. The number of fused-ring (bicyclic) bond motifs is 3. The van der Waals surface area contributed by atoms with E-state index in [1.165, 1.54) is 45.0 Å². The smallest absolute Gasteiger partial charge is 0.0867 e. The molecule has 0 saturated carbocycles. The number of rotatable bonds is 8. The van der Waals surface area contributed by atoms with Gasteiger partial charge < -0.3 is 19.6 Å². The number of benzene rings is 2. The first-order valence-corrected chi connectivity index (χ1v) is 11.1. The van der Waals surface area contributed by atoms with Crippen molar-refractivity contribution in [2.45, 2.75) is 34.1 Å². The van der Waals surface area contributed by atoms with Crippen LogP contribution in [0.4, 0.5) is 22.7 Å². The molecule has 0 N–H and O–H groups in total. The maximum absolute atomic E-state index is 2.44. The summed E-state index contributed by atoms with van der Waals surface area (Å²) in [6, 6.07) is 8.97. The monoisotopic (exact) mass is 394 g/mol. The summed E-state index contributed by atoms with van der Waals surface area (Å²) in [6.07, 6.45) is 1.01. The molecule has 0 saturated heterocycles. The second-order valence-electron chi connectivity index (χ2n) is 8.14. The van der Waals surface area contributed by atoms with Gasteiger partial charge in [-0.2, -0.15) is 0 Å². The lowest BCUT2D eigenvalue weighted by Crippen LogP contribution is -2.30. The van der Waals surface area contributed by atoms with Gasteiger partial charge >= 0.3 is 0 Å². The summed E-state index contributed by atoms with van der Waals surface area (Å²) in [5.74, 6) is 0. The van der Waals surface area contributed by atoms with Crippen molar-refractivity contribution in [3.05, 3.63) is 35.4 Å². The molecule has 158 valence electrons. The Balaban J connectivity index is 2.52. The fourth-order valence-electron chi connectivity index (χ4n) is 4.46. The molecule has 0 unspecified atom stereocenters. The van der Waals surface area contributed by atoms with Gasteiger partial charge in [-0.15, -0.1) is 0 Å². The zero-order valence-electron chi connectivity index (χ0n) is 19.6. The van der Waals surface area contributed by atoms with Crippen LogP contribution < -0.4 is 19.6 Å². The molecule has 0 aliphatic heterocycles. The van der Waals surface area contributed by atoms with E-state index < -0.39 is 0 Å². The average Bonchev–Trinajstić information content (AvgIpc) is 3.14. The van der Waals surface area contributed by atoms with Crippen molar-refractivity contribution >= 4 is 22.7 Å². The number of hydrogen-bond acceptors (Lipinski definition) is 4. The van der Waals surface area contributed by atoms with Gasteiger partial charge in [-0.05, 0) is 44.4 Å². The Hall–Kier alpha value is -2.36. The Morgan fingerprint density at radius 3 is 1.62 bits per heavy atom. The van der Waals surface area contributed by atoms with E-state index in [0.29, 0.717) is 0 Å². The van der Waals surface area contributed by atoms with Gasteiger partial charge in [-0.25, -0.2) is 0 Å². The summed E-state index contributed by atoms with van der Waals surface area (Å²) >= 11 is 0. The summed E-state index contributed by atoms with van der Waals surface area (Å²) in [6.45, 7) is 12.9. The second-order valence-corrected chi connectivity index (χ2v) is 8.14. The quantitative estimate of drug-likeness (QED) is 0.528. The molecule has 4 heteroatoms. The average molecular weight is 395 g/mol. The van der Waals surface area contributed by atoms with Gasteiger partial charge in [-0.1, -0.05) is 24.3 Å². The lowest BCUT2D eigenvalue weighted by atomic mass is 9.96. The van der Waals surface area contributed by atoms with Crippen LogP contribution in [0.2, 0.25) is 0 Å². The predicted molar refractivity (Wildman–Crippen MR) is 130 cm³/mol. The number of nitrogens with zero attached hydrogens (tertiary/aromatic N) is 4. The standard InChI is InChI=1S/C25H38N4/c1-9-26(5)22-20-17-18-15-13-14-16-19(18)21(20)23(27(6)10-2)25(29(8)12-4)24(22)28(7)11-3/h13-16H,9-12,17H2,1-8H3. The Bertz CT molecular complexity index is 874. The van der Waals surface area contributed by atoms with Crippen LogP contribution >= 0.6 is 0 Å². The molecule has 2 aromatic carbocycles. The lowest BCUT2D eigenvalue weighted by molar-refractivity contribution is 0.890. The zero-order chi connectivity index (χ0) is 21.3. The molecule has 0 radical (unpaired) electrons. The summed E-state index contributed by atoms with van der Waals surface area (Å²) in [7, 11) is 8.95. The Labute approximate surface area is 177 Å². The van der Waals surface area contributed by atoms with Crippen LogP contribution in [0.5, 0.6) is 0 Å². The van der Waals surface area contributed by atoms with Gasteiger partial charge in [0.25, 0.3) is 0 Å². The first-order valence-electron chi connectivity index (χ1n) is 11.1. The molecule has 0 fully saturated rings. The van der Waals surface area contributed by atoms with E-state index in [0.717, 1.165) is 32.6 Å². The van der Waals surface area contributed by atoms with Crippen molar-refractivity contribution in [2.24, 2.45) is 0 Å². The molecular weight excluding hydrogens is 356 g/mol. The van der Waals surface area contributed by atoms with Gasteiger partial charge in [-0.3, -0.25) is 0 Å². The summed E-state index contributed by atoms with van der Waals surface area (Å²) < 4.78 is 0. The van der Waals surface area contributed by atoms with E-state index in [1.807, 2.05) is 0 Å². The van der Waals surface area contributed by atoms with E-state index in [1.54, 1.807) is 0 Å². The fraction of sp³-hybridized carbons (Fsp3) is 0.520. The molecule has 2 aromatic rings. The van der Waals surface area contributed by atoms with Gasteiger partial charge in [0.1, 0.15) is 0 Å². The van der Waals surface area contributed by atoms with Gasteiger partial charge in [0.2, 0.25) is 0 Å². The Kier molecular flexibility index (Phi) is 6.30. The molecule has 1 aliphatic carbocycles. The number of hydrogen-bond donors (Lipinski definition) is 0. The molecule has 0 aromatic heterocycles. The van der Waals surface area contributed by atoms with Crippen LogP contribution in [0.15, 0.2) is 24.3 Å². The van der Waals surface area contributed by atoms with Crippen LogP contribution in [-0.2, 0) is 6.42 Å². The van der Waals surface area contributed by atoms with E-state index in [4.69, 9.17) is 0 Å². The molecule has 3 rings (SSSR count). The molecule has 0 heterocycles. The van der Waals surface area contributed by atoms with Gasteiger partial charge in [0.05, 0.1) is 22.7 Å². The zero-order valence-corrected chi connectivity index (χ0v) is 19.6. The van der Waals surface area contributed by atoms with Gasteiger partial charge in [0.15, 0.2) is 0 Å². The second kappa shape index (κ2) is 8.56. The van der Waals surface area contributed by atoms with Crippen molar-refractivity contribution in [1.82, 2.24) is 0 Å². The third kappa shape index (κ3) is 3.43. The van der Waals surface area contributed by atoms with Crippen molar-refractivity contribution in [3.8, 4) is 11.1 Å². The van der Waals surface area contributed by atoms with Crippen LogP contribution in [-0.4, -0.2) is 54.4 Å². The topological polar surface area (TPSA) is 13.0 Å². The summed E-state index contributed by atoms with van der Waals surface area (Å²) in [5, 5.41) is 0. The Morgan fingerprint density at radius 2 is 1.07 bits per heavy atom. The van der Waals surface area contributed by atoms with Crippen molar-refractivity contribution in [2.75, 3.05) is 74.0 Å². The maximum atomic E-state index is 2.44. The molecule has 0 bridgehead atoms. The highest BCUT2D eigenvalue weighted by Crippen LogP contribution is 2.56. The van der Waals surface area contributed by atoms with E-state index in [2.05, 4.69) is 99.8 Å². The third-order valence-corrected chi connectivity index (χ3v) is 6.58. The van der Waals surface area contributed by atoms with Crippen LogP contribution in [0, 0.1) is 0 Å². The van der Waals surface area contributed by atoms with Crippen LogP contribution in [0.3, 0.4) is 0 Å². The highest BCUT2D eigenvalue weighted by atomic mass is 15.2. The lowest BCUT2D eigenvalue weighted by Gasteiger charge is -2.38. The minimum Gasteiger partial charge on any atom is -0.373 e. The first kappa shape index (κ1) is 21.4. The fourth-order valence-corrected chi connectivity index (χ4v) is 4.46. The summed E-state index contributed by atoms with van der Waals surface area (Å²) in [5.41, 5.74) is 11.3. The normalized spacial score (nSPS) is 11.9. The van der Waals surface area contributed by atoms with Crippen LogP contribution in [0.1, 0.15) is 38.8 Å². The van der Waals surface area contributed by atoms with Gasteiger partial charge in [0, 0.05) is 66.4 Å². The largest absolute Gasteiger partial charge is 0.373 e. The van der Waals surface area contributed by atoms with E-state index in [9.17, 15) is 0 Å². The van der Waals surface area contributed by atoms with Crippen molar-refractivity contribution < 1.29 is 0 Å². The van der Waals surface area contributed by atoms with E-state index >= 15 is 0 Å². The highest BCUT2D eigenvalue weighted by molar-refractivity contribution is 6.06. The molecule has 0 spiro atoms. The summed E-state index contributed by atoms with van der Waals surface area (Å²) in [4.78, 5) is 9.73. The molecule has 29 heavy (non-hydrogen) atoms. The Morgan fingerprint density at radius 1 is 0.621 bits per heavy atom. The molecule has 0 atom stereocenters. The molecule has 1 aliphatic rings.